The molecule has 23 heavy (non-hydrogen) atoms. The maximum absolute atomic E-state index is 12.4. The molecule has 1 saturated heterocycles. The summed E-state index contributed by atoms with van der Waals surface area (Å²) < 4.78 is 1.14. The number of hydrogen-bond donors (Lipinski definition) is 2. The Bertz CT molecular complexity index is 699. The van der Waals surface area contributed by atoms with E-state index >= 15 is 0 Å². The lowest BCUT2D eigenvalue weighted by Gasteiger charge is -2.20. The molecular weight excluding hydrogens is 306 g/mol. The van der Waals surface area contributed by atoms with E-state index in [0.717, 1.165) is 54.6 Å². The van der Waals surface area contributed by atoms with Crippen molar-refractivity contribution in [2.24, 2.45) is 0 Å². The predicted octanol–water partition coefficient (Wildman–Crippen LogP) is 3.44. The first kappa shape index (κ1) is 15.1. The number of carbonyl (C=O) groups excluding carboxylic acids is 1. The van der Waals surface area contributed by atoms with Crippen LogP contribution in [0.3, 0.4) is 0 Å². The number of amides is 1. The molecule has 0 radical (unpaired) electrons. The molecule has 1 amide bonds. The van der Waals surface area contributed by atoms with Gasteiger partial charge in [-0.25, -0.2) is 4.98 Å². The van der Waals surface area contributed by atoms with Gasteiger partial charge in [-0.3, -0.25) is 4.79 Å². The number of nitrogens with one attached hydrogen (secondary N) is 2. The van der Waals surface area contributed by atoms with Crippen LogP contribution in [0, 0.1) is 0 Å². The number of carbonyl (C=O) groups is 1. The smallest absolute Gasteiger partial charge is 0.251 e. The Labute approximate surface area is 140 Å². The van der Waals surface area contributed by atoms with Gasteiger partial charge in [0.05, 0.1) is 15.2 Å². The van der Waals surface area contributed by atoms with Gasteiger partial charge >= 0.3 is 0 Å². The number of rotatable bonds is 3. The Kier molecular flexibility index (Phi) is 4.31. The summed E-state index contributed by atoms with van der Waals surface area (Å²) in [5.41, 5.74) is 1.80. The van der Waals surface area contributed by atoms with E-state index in [4.69, 9.17) is 4.98 Å². The lowest BCUT2D eigenvalue weighted by molar-refractivity contribution is 0.0938. The van der Waals surface area contributed by atoms with E-state index in [9.17, 15) is 4.79 Å². The van der Waals surface area contributed by atoms with Crippen LogP contribution in [-0.4, -0.2) is 30.0 Å². The fourth-order valence-electron chi connectivity index (χ4n) is 3.67. The zero-order chi connectivity index (χ0) is 15.6. The van der Waals surface area contributed by atoms with Gasteiger partial charge in [0.25, 0.3) is 5.91 Å². The van der Waals surface area contributed by atoms with E-state index in [-0.39, 0.29) is 5.91 Å². The molecule has 0 spiro atoms. The molecule has 1 aromatic heterocycles. The number of thiazole rings is 1. The summed E-state index contributed by atoms with van der Waals surface area (Å²) in [5, 5.41) is 7.80. The molecule has 2 heterocycles. The fourth-order valence-corrected chi connectivity index (χ4v) is 4.84. The lowest BCUT2D eigenvalue weighted by atomic mass is 9.99. The van der Waals surface area contributed by atoms with Crippen LogP contribution in [0.5, 0.6) is 0 Å². The Hall–Kier alpha value is -1.46. The number of piperidine rings is 1. The highest BCUT2D eigenvalue weighted by Crippen LogP contribution is 2.32. The predicted molar refractivity (Wildman–Crippen MR) is 94.2 cm³/mol. The molecule has 2 N–H and O–H groups in total. The zero-order valence-electron chi connectivity index (χ0n) is 13.3. The minimum absolute atomic E-state index is 0.0654. The minimum atomic E-state index is 0.0654. The van der Waals surface area contributed by atoms with Crippen molar-refractivity contribution in [2.45, 2.75) is 50.5 Å². The Morgan fingerprint density at radius 1 is 1.17 bits per heavy atom. The summed E-state index contributed by atoms with van der Waals surface area (Å²) in [4.78, 5) is 17.2. The van der Waals surface area contributed by atoms with E-state index < -0.39 is 0 Å². The summed E-state index contributed by atoms with van der Waals surface area (Å²) in [5.74, 6) is 0.639. The molecule has 1 aliphatic carbocycles. The largest absolute Gasteiger partial charge is 0.349 e. The zero-order valence-corrected chi connectivity index (χ0v) is 14.1. The van der Waals surface area contributed by atoms with Gasteiger partial charge in [-0.1, -0.05) is 12.8 Å². The lowest BCUT2D eigenvalue weighted by Crippen LogP contribution is -2.32. The molecule has 0 atom stereocenters. The third kappa shape index (κ3) is 3.26. The summed E-state index contributed by atoms with van der Waals surface area (Å²) in [7, 11) is 0. The van der Waals surface area contributed by atoms with Gasteiger partial charge in [0.15, 0.2) is 0 Å². The van der Waals surface area contributed by atoms with Crippen molar-refractivity contribution < 1.29 is 4.79 Å². The van der Waals surface area contributed by atoms with Crippen LogP contribution in [0.2, 0.25) is 0 Å². The first-order valence-corrected chi connectivity index (χ1v) is 9.53. The van der Waals surface area contributed by atoms with Crippen molar-refractivity contribution in [3.8, 4) is 0 Å². The topological polar surface area (TPSA) is 54.0 Å². The third-order valence-corrected chi connectivity index (χ3v) is 6.23. The van der Waals surface area contributed by atoms with Crippen molar-refractivity contribution in [1.29, 1.82) is 0 Å². The standard InChI is InChI=1S/C18H23N3OS/c22-17(20-14-3-1-2-4-14)13-5-6-15-16(11-13)23-18(21-15)12-7-9-19-10-8-12/h5-6,11-12,14,19H,1-4,7-10H2,(H,20,22). The second-order valence-electron chi connectivity index (χ2n) is 6.71. The highest BCUT2D eigenvalue weighted by molar-refractivity contribution is 7.18. The number of hydrogen-bond acceptors (Lipinski definition) is 4. The molecule has 0 unspecified atom stereocenters. The third-order valence-electron chi connectivity index (χ3n) is 5.05. The molecule has 4 rings (SSSR count). The van der Waals surface area contributed by atoms with Crippen molar-refractivity contribution in [3.63, 3.8) is 0 Å². The van der Waals surface area contributed by atoms with E-state index in [1.807, 2.05) is 18.2 Å². The molecule has 2 fully saturated rings. The average Bonchev–Trinajstić information content (AvgIpc) is 3.24. The van der Waals surface area contributed by atoms with E-state index in [2.05, 4.69) is 10.6 Å². The first-order chi connectivity index (χ1) is 11.3. The van der Waals surface area contributed by atoms with Gasteiger partial charge in [0, 0.05) is 17.5 Å². The minimum Gasteiger partial charge on any atom is -0.349 e. The molecule has 122 valence electrons. The molecule has 5 heteroatoms. The summed E-state index contributed by atoms with van der Waals surface area (Å²) in [6, 6.07) is 6.30. The van der Waals surface area contributed by atoms with Crippen LogP contribution in [0.4, 0.5) is 0 Å². The number of aromatic nitrogens is 1. The van der Waals surface area contributed by atoms with Crippen LogP contribution in [0.15, 0.2) is 18.2 Å². The summed E-state index contributed by atoms with van der Waals surface area (Å²) >= 11 is 1.76. The van der Waals surface area contributed by atoms with Crippen LogP contribution in [-0.2, 0) is 0 Å². The van der Waals surface area contributed by atoms with Crippen molar-refractivity contribution in [3.05, 3.63) is 28.8 Å². The van der Waals surface area contributed by atoms with Crippen LogP contribution in [0.25, 0.3) is 10.2 Å². The second-order valence-corrected chi connectivity index (χ2v) is 7.78. The van der Waals surface area contributed by atoms with E-state index in [1.165, 1.54) is 17.8 Å². The summed E-state index contributed by atoms with van der Waals surface area (Å²) in [6.07, 6.45) is 7.03. The van der Waals surface area contributed by atoms with E-state index in [0.29, 0.717) is 12.0 Å². The molecule has 1 saturated carbocycles. The van der Waals surface area contributed by atoms with Crippen LogP contribution < -0.4 is 10.6 Å². The van der Waals surface area contributed by atoms with Gasteiger partial charge in [-0.2, -0.15) is 0 Å². The fraction of sp³-hybridized carbons (Fsp3) is 0.556. The monoisotopic (exact) mass is 329 g/mol. The second kappa shape index (κ2) is 6.57. The maximum Gasteiger partial charge on any atom is 0.251 e. The normalized spacial score (nSPS) is 20.2. The van der Waals surface area contributed by atoms with Gasteiger partial charge in [0.2, 0.25) is 0 Å². The van der Waals surface area contributed by atoms with Gasteiger partial charge in [-0.15, -0.1) is 11.3 Å². The first-order valence-electron chi connectivity index (χ1n) is 8.72. The van der Waals surface area contributed by atoms with Gasteiger partial charge in [-0.05, 0) is 57.0 Å². The number of nitrogens with zero attached hydrogens (tertiary/aromatic N) is 1. The SMILES string of the molecule is O=C(NC1CCCC1)c1ccc2nc(C3CCNCC3)sc2c1. The molecular formula is C18H23N3OS. The Morgan fingerprint density at radius 3 is 2.74 bits per heavy atom. The highest BCUT2D eigenvalue weighted by atomic mass is 32.1. The molecule has 4 nitrogen and oxygen atoms in total. The Morgan fingerprint density at radius 2 is 1.96 bits per heavy atom. The van der Waals surface area contributed by atoms with Gasteiger partial charge < -0.3 is 10.6 Å². The van der Waals surface area contributed by atoms with Crippen molar-refractivity contribution >= 4 is 27.5 Å². The van der Waals surface area contributed by atoms with E-state index in [1.54, 1.807) is 11.3 Å². The molecule has 0 bridgehead atoms. The Balaban J connectivity index is 1.53. The van der Waals surface area contributed by atoms with Crippen LogP contribution >= 0.6 is 11.3 Å². The molecule has 2 aromatic rings. The summed E-state index contributed by atoms with van der Waals surface area (Å²) in [6.45, 7) is 2.16. The van der Waals surface area contributed by atoms with Gasteiger partial charge in [0.1, 0.15) is 0 Å². The van der Waals surface area contributed by atoms with Crippen LogP contribution in [0.1, 0.15) is 59.8 Å². The molecule has 2 aliphatic rings. The van der Waals surface area contributed by atoms with Crippen molar-refractivity contribution in [2.75, 3.05) is 13.1 Å². The quantitative estimate of drug-likeness (QED) is 0.907. The molecule has 1 aromatic carbocycles. The van der Waals surface area contributed by atoms with Crippen molar-refractivity contribution in [1.82, 2.24) is 15.6 Å². The number of fused-ring (bicyclic) bond motifs is 1. The average molecular weight is 329 g/mol. The highest BCUT2D eigenvalue weighted by Gasteiger charge is 2.21. The maximum atomic E-state index is 12.4. The molecule has 1 aliphatic heterocycles. The number of benzene rings is 1.